The van der Waals surface area contributed by atoms with Gasteiger partial charge in [-0.3, -0.25) is 0 Å². The summed E-state index contributed by atoms with van der Waals surface area (Å²) in [6.07, 6.45) is -5.66. The van der Waals surface area contributed by atoms with Crippen molar-refractivity contribution in [1.82, 2.24) is 0 Å². The predicted octanol–water partition coefficient (Wildman–Crippen LogP) is 6.37. The van der Waals surface area contributed by atoms with Crippen molar-refractivity contribution in [2.45, 2.75) is 25.3 Å². The highest BCUT2D eigenvalue weighted by Crippen LogP contribution is 2.34. The monoisotopic (exact) mass is 484 g/mol. The lowest BCUT2D eigenvalue weighted by molar-refractivity contribution is -0.210. The Morgan fingerprint density at radius 1 is 0.912 bits per heavy atom. The summed E-state index contributed by atoms with van der Waals surface area (Å²) in [5.41, 5.74) is -0.889. The van der Waals surface area contributed by atoms with Crippen LogP contribution in [-0.2, 0) is 33.2 Å². The molecule has 0 aliphatic carbocycles. The smallest absolute Gasteiger partial charge is 0.384 e. The van der Waals surface area contributed by atoms with Crippen molar-refractivity contribution in [3.63, 3.8) is 0 Å². The summed E-state index contributed by atoms with van der Waals surface area (Å²) < 4.78 is 97.5. The van der Waals surface area contributed by atoms with Crippen molar-refractivity contribution in [3.8, 4) is 0 Å². The molecule has 3 aromatic rings. The largest absolute Gasteiger partial charge is 0.422 e. The lowest BCUT2D eigenvalue weighted by Gasteiger charge is -2.29. The van der Waals surface area contributed by atoms with Crippen LogP contribution >= 0.6 is 0 Å². The minimum absolute atomic E-state index is 0.0104. The second-order valence-corrected chi connectivity index (χ2v) is 8.27. The highest BCUT2D eigenvalue weighted by molar-refractivity contribution is 5.84. The van der Waals surface area contributed by atoms with Gasteiger partial charge in [0.25, 0.3) is 0 Å². The van der Waals surface area contributed by atoms with Crippen LogP contribution in [0.3, 0.4) is 0 Å². The fourth-order valence-electron chi connectivity index (χ4n) is 4.08. The number of fused-ring (bicyclic) bond motifs is 1. The van der Waals surface area contributed by atoms with Gasteiger partial charge in [0.2, 0.25) is 0 Å². The molecule has 0 amide bonds. The number of hydrogen-bond acceptors (Lipinski definition) is 3. The molecule has 0 aromatic heterocycles. The normalized spacial score (nSPS) is 19.0. The number of hydrogen-bond donors (Lipinski definition) is 0. The van der Waals surface area contributed by atoms with Gasteiger partial charge in [-0.25, -0.2) is 13.2 Å². The third kappa shape index (κ3) is 5.21. The maximum Gasteiger partial charge on any atom is 0.422 e. The summed E-state index contributed by atoms with van der Waals surface area (Å²) in [6, 6.07) is 9.62. The van der Waals surface area contributed by atoms with Gasteiger partial charge in [0, 0.05) is 24.0 Å². The van der Waals surface area contributed by atoms with Gasteiger partial charge in [0.1, 0.15) is 23.0 Å². The number of alkyl halides is 3. The molecule has 0 unspecified atom stereocenters. The highest BCUT2D eigenvalue weighted by atomic mass is 19.4. The van der Waals surface area contributed by atoms with Gasteiger partial charge in [-0.1, -0.05) is 24.3 Å². The molecule has 3 aromatic carbocycles. The second kappa shape index (κ2) is 9.93. The van der Waals surface area contributed by atoms with Crippen molar-refractivity contribution < 1.29 is 40.6 Å². The molecule has 1 saturated heterocycles. The molecular formula is C25H22F6O3. The second-order valence-electron chi connectivity index (χ2n) is 8.27. The fourth-order valence-corrected chi connectivity index (χ4v) is 4.08. The number of methoxy groups -OCH3 is 1. The van der Waals surface area contributed by atoms with Crippen LogP contribution < -0.4 is 0 Å². The molecule has 1 aliphatic heterocycles. The zero-order valence-corrected chi connectivity index (χ0v) is 18.2. The van der Waals surface area contributed by atoms with E-state index in [1.165, 1.54) is 0 Å². The molecule has 4 rings (SSSR count). The molecule has 9 heteroatoms. The molecule has 0 spiro atoms. The van der Waals surface area contributed by atoms with Gasteiger partial charge in [-0.05, 0) is 47.6 Å². The van der Waals surface area contributed by atoms with E-state index < -0.39 is 35.5 Å². The maximum absolute atomic E-state index is 15.1. The van der Waals surface area contributed by atoms with E-state index in [-0.39, 0.29) is 29.9 Å². The lowest BCUT2D eigenvalue weighted by atomic mass is 9.98. The van der Waals surface area contributed by atoms with E-state index in [2.05, 4.69) is 0 Å². The molecule has 182 valence electrons. The van der Waals surface area contributed by atoms with Gasteiger partial charge in [0.15, 0.2) is 6.29 Å². The number of ether oxygens (including phenoxy) is 3. The molecule has 0 N–H and O–H groups in total. The summed E-state index contributed by atoms with van der Waals surface area (Å²) in [4.78, 5) is 0. The first-order valence-electron chi connectivity index (χ1n) is 10.7. The molecular weight excluding hydrogens is 462 g/mol. The first-order chi connectivity index (χ1) is 16.2. The van der Waals surface area contributed by atoms with E-state index in [1.54, 1.807) is 37.4 Å². The quantitative estimate of drug-likeness (QED) is 0.381. The van der Waals surface area contributed by atoms with Crippen LogP contribution in [0, 0.1) is 23.4 Å². The average Bonchev–Trinajstić information content (AvgIpc) is 2.78. The standard InChI is InChI=1S/C25H22F6O3/c1-32-11-15-12-33-24(34-13-15)18-6-7-19-17(10-18)5-4-16(23(19)28)3-2-14-8-20(26)22(21(27)9-14)25(29,30)31/h4-10,15,24H,2-3,11-13H2,1H3. The fraction of sp³-hybridized carbons (Fsp3) is 0.360. The molecule has 0 radical (unpaired) electrons. The summed E-state index contributed by atoms with van der Waals surface area (Å²) in [6.45, 7) is 1.49. The van der Waals surface area contributed by atoms with E-state index >= 15 is 4.39 Å². The van der Waals surface area contributed by atoms with Crippen molar-refractivity contribution in [2.24, 2.45) is 5.92 Å². The Morgan fingerprint density at radius 2 is 1.59 bits per heavy atom. The Hall–Kier alpha value is -2.62. The Balaban J connectivity index is 1.48. The van der Waals surface area contributed by atoms with Crippen molar-refractivity contribution in [2.75, 3.05) is 26.9 Å². The summed E-state index contributed by atoms with van der Waals surface area (Å²) in [7, 11) is 1.61. The zero-order chi connectivity index (χ0) is 24.5. The molecule has 1 fully saturated rings. The van der Waals surface area contributed by atoms with E-state index in [0.717, 1.165) is 5.56 Å². The lowest BCUT2D eigenvalue weighted by Crippen LogP contribution is -2.29. The van der Waals surface area contributed by atoms with Crippen LogP contribution in [0.2, 0.25) is 0 Å². The van der Waals surface area contributed by atoms with Gasteiger partial charge in [-0.2, -0.15) is 13.2 Å². The number of halogens is 6. The van der Waals surface area contributed by atoms with Crippen LogP contribution in [0.4, 0.5) is 26.3 Å². The Morgan fingerprint density at radius 3 is 2.21 bits per heavy atom. The highest BCUT2D eigenvalue weighted by Gasteiger charge is 2.37. The third-order valence-electron chi connectivity index (χ3n) is 5.77. The van der Waals surface area contributed by atoms with Crippen LogP contribution in [0.1, 0.15) is 28.5 Å². The molecule has 0 atom stereocenters. The van der Waals surface area contributed by atoms with Gasteiger partial charge >= 0.3 is 6.18 Å². The van der Waals surface area contributed by atoms with E-state index in [9.17, 15) is 22.0 Å². The summed E-state index contributed by atoms with van der Waals surface area (Å²) >= 11 is 0. The number of aryl methyl sites for hydroxylation is 2. The number of rotatable bonds is 6. The van der Waals surface area contributed by atoms with Gasteiger partial charge in [0.05, 0.1) is 19.8 Å². The molecule has 3 nitrogen and oxygen atoms in total. The maximum atomic E-state index is 15.1. The molecule has 34 heavy (non-hydrogen) atoms. The molecule has 1 aliphatic rings. The average molecular weight is 484 g/mol. The van der Waals surface area contributed by atoms with Crippen LogP contribution in [-0.4, -0.2) is 26.9 Å². The zero-order valence-electron chi connectivity index (χ0n) is 18.2. The van der Waals surface area contributed by atoms with Crippen LogP contribution in [0.5, 0.6) is 0 Å². The first-order valence-corrected chi connectivity index (χ1v) is 10.7. The molecule has 0 saturated carbocycles. The van der Waals surface area contributed by atoms with E-state index in [0.29, 0.717) is 42.7 Å². The van der Waals surface area contributed by atoms with Gasteiger partial charge < -0.3 is 14.2 Å². The van der Waals surface area contributed by atoms with Crippen LogP contribution in [0.15, 0.2) is 42.5 Å². The minimum Gasteiger partial charge on any atom is -0.384 e. The third-order valence-corrected chi connectivity index (χ3v) is 5.77. The van der Waals surface area contributed by atoms with Gasteiger partial charge in [-0.15, -0.1) is 0 Å². The first kappa shape index (κ1) is 24.5. The molecule has 1 heterocycles. The van der Waals surface area contributed by atoms with Crippen molar-refractivity contribution in [3.05, 3.63) is 82.2 Å². The van der Waals surface area contributed by atoms with Crippen LogP contribution in [0.25, 0.3) is 10.8 Å². The topological polar surface area (TPSA) is 27.7 Å². The SMILES string of the molecule is COCC1COC(c2ccc3c(F)c(CCc4cc(F)c(C(F)(F)F)c(F)c4)ccc3c2)OC1. The predicted molar refractivity (Wildman–Crippen MR) is 113 cm³/mol. The summed E-state index contributed by atoms with van der Waals surface area (Å²) in [5, 5.41) is 0.968. The minimum atomic E-state index is -5.13. The van der Waals surface area contributed by atoms with Crippen molar-refractivity contribution >= 4 is 10.8 Å². The number of benzene rings is 3. The Bertz CT molecular complexity index is 1150. The van der Waals surface area contributed by atoms with E-state index in [4.69, 9.17) is 14.2 Å². The molecule has 0 bridgehead atoms. The Kier molecular flexibility index (Phi) is 7.16. The van der Waals surface area contributed by atoms with E-state index in [1.807, 2.05) is 0 Å². The summed E-state index contributed by atoms with van der Waals surface area (Å²) in [5.74, 6) is -3.72. The van der Waals surface area contributed by atoms with Crippen molar-refractivity contribution in [1.29, 1.82) is 0 Å². The Labute approximate surface area is 192 Å².